The maximum Gasteiger partial charge on any atom is 0.272 e. The van der Waals surface area contributed by atoms with Gasteiger partial charge in [-0.25, -0.2) is 0 Å². The summed E-state index contributed by atoms with van der Waals surface area (Å²) in [5.74, 6) is 0.701. The minimum Gasteiger partial charge on any atom is -0.355 e. The van der Waals surface area contributed by atoms with Gasteiger partial charge in [0.25, 0.3) is 5.91 Å². The first kappa shape index (κ1) is 14.8. The molecule has 5 heteroatoms. The van der Waals surface area contributed by atoms with E-state index in [1.54, 1.807) is 6.07 Å². The molecule has 5 nitrogen and oxygen atoms in total. The molecule has 0 radical (unpaired) electrons. The van der Waals surface area contributed by atoms with Crippen molar-refractivity contribution in [2.45, 2.75) is 52.0 Å². The Morgan fingerprint density at radius 2 is 1.75 bits per heavy atom. The summed E-state index contributed by atoms with van der Waals surface area (Å²) in [5.41, 5.74) is 0.112. The highest BCUT2D eigenvalue weighted by atomic mass is 16.2. The number of carbonyl (C=O) groups is 1. The molecule has 20 heavy (non-hydrogen) atoms. The molecule has 1 saturated heterocycles. The summed E-state index contributed by atoms with van der Waals surface area (Å²) in [7, 11) is 0. The van der Waals surface area contributed by atoms with E-state index in [1.807, 2.05) is 26.8 Å². The summed E-state index contributed by atoms with van der Waals surface area (Å²) >= 11 is 0. The molecule has 0 saturated carbocycles. The molecule has 0 unspecified atom stereocenters. The molecular weight excluding hydrogens is 252 g/mol. The lowest BCUT2D eigenvalue weighted by Crippen LogP contribution is -2.41. The quantitative estimate of drug-likeness (QED) is 0.901. The number of hydrogen-bond acceptors (Lipinski definition) is 4. The predicted octanol–water partition coefficient (Wildman–Crippen LogP) is 2.39. The SMILES string of the molecule is CC(C)(C)NC(=O)c1ccc(N2CCCCCC2)nn1. The maximum absolute atomic E-state index is 12.0. The van der Waals surface area contributed by atoms with Gasteiger partial charge in [-0.2, -0.15) is 0 Å². The highest BCUT2D eigenvalue weighted by molar-refractivity contribution is 5.92. The van der Waals surface area contributed by atoms with Crippen molar-refractivity contribution in [3.8, 4) is 0 Å². The molecular formula is C15H24N4O. The van der Waals surface area contributed by atoms with Gasteiger partial charge >= 0.3 is 0 Å². The van der Waals surface area contributed by atoms with Crippen molar-refractivity contribution in [2.75, 3.05) is 18.0 Å². The van der Waals surface area contributed by atoms with Crippen LogP contribution in [0.3, 0.4) is 0 Å². The average molecular weight is 276 g/mol. The lowest BCUT2D eigenvalue weighted by Gasteiger charge is -2.22. The van der Waals surface area contributed by atoms with Gasteiger partial charge in [0.05, 0.1) is 0 Å². The summed E-state index contributed by atoms with van der Waals surface area (Å²) in [6.45, 7) is 7.90. The van der Waals surface area contributed by atoms with Gasteiger partial charge in [-0.3, -0.25) is 4.79 Å². The second-order valence-electron chi connectivity index (χ2n) is 6.38. The molecule has 2 rings (SSSR count). The molecule has 1 aliphatic rings. The van der Waals surface area contributed by atoms with Gasteiger partial charge in [-0.15, -0.1) is 10.2 Å². The van der Waals surface area contributed by atoms with Crippen molar-refractivity contribution in [3.63, 3.8) is 0 Å². The Balaban J connectivity index is 2.03. The Labute approximate surface area is 120 Å². The number of aromatic nitrogens is 2. The fourth-order valence-electron chi connectivity index (χ4n) is 2.32. The van der Waals surface area contributed by atoms with E-state index >= 15 is 0 Å². The molecule has 0 aliphatic carbocycles. The summed E-state index contributed by atoms with van der Waals surface area (Å²) in [6, 6.07) is 3.66. The molecule has 0 spiro atoms. The molecule has 1 aliphatic heterocycles. The van der Waals surface area contributed by atoms with Crippen molar-refractivity contribution in [1.82, 2.24) is 15.5 Å². The van der Waals surface area contributed by atoms with E-state index in [9.17, 15) is 4.79 Å². The van der Waals surface area contributed by atoms with E-state index in [-0.39, 0.29) is 11.4 Å². The highest BCUT2D eigenvalue weighted by Gasteiger charge is 2.17. The predicted molar refractivity (Wildman–Crippen MR) is 79.9 cm³/mol. The zero-order valence-corrected chi connectivity index (χ0v) is 12.6. The first-order valence-electron chi connectivity index (χ1n) is 7.37. The van der Waals surface area contributed by atoms with Crippen LogP contribution in [0.1, 0.15) is 56.9 Å². The molecule has 2 heterocycles. The molecule has 110 valence electrons. The molecule has 1 aromatic heterocycles. The van der Waals surface area contributed by atoms with Crippen LogP contribution in [0.2, 0.25) is 0 Å². The van der Waals surface area contributed by atoms with Gasteiger partial charge < -0.3 is 10.2 Å². The van der Waals surface area contributed by atoms with Crippen molar-refractivity contribution in [3.05, 3.63) is 17.8 Å². The zero-order valence-electron chi connectivity index (χ0n) is 12.6. The largest absolute Gasteiger partial charge is 0.355 e. The van der Waals surface area contributed by atoms with Crippen LogP contribution in [0.15, 0.2) is 12.1 Å². The molecule has 0 aromatic carbocycles. The van der Waals surface area contributed by atoms with Crippen molar-refractivity contribution < 1.29 is 4.79 Å². The lowest BCUT2D eigenvalue weighted by molar-refractivity contribution is 0.0913. The van der Waals surface area contributed by atoms with E-state index < -0.39 is 0 Å². The van der Waals surface area contributed by atoms with E-state index in [4.69, 9.17) is 0 Å². The van der Waals surface area contributed by atoms with Crippen LogP contribution in [-0.2, 0) is 0 Å². The van der Waals surface area contributed by atoms with Crippen LogP contribution in [0.25, 0.3) is 0 Å². The summed E-state index contributed by atoms with van der Waals surface area (Å²) in [4.78, 5) is 14.2. The Bertz CT molecular complexity index is 442. The highest BCUT2D eigenvalue weighted by Crippen LogP contribution is 2.16. The van der Waals surface area contributed by atoms with E-state index in [0.717, 1.165) is 18.9 Å². The van der Waals surface area contributed by atoms with Crippen LogP contribution in [0.5, 0.6) is 0 Å². The van der Waals surface area contributed by atoms with Gasteiger partial charge in [-0.05, 0) is 45.7 Å². The van der Waals surface area contributed by atoms with Crippen molar-refractivity contribution in [1.29, 1.82) is 0 Å². The van der Waals surface area contributed by atoms with Gasteiger partial charge in [-0.1, -0.05) is 12.8 Å². The third kappa shape index (κ3) is 4.18. The third-order valence-electron chi connectivity index (χ3n) is 3.30. The summed E-state index contributed by atoms with van der Waals surface area (Å²) < 4.78 is 0. The number of hydrogen-bond donors (Lipinski definition) is 1. The molecule has 1 amide bonds. The number of nitrogens with zero attached hydrogens (tertiary/aromatic N) is 3. The minimum atomic E-state index is -0.262. The van der Waals surface area contributed by atoms with Gasteiger partial charge in [0.15, 0.2) is 11.5 Å². The van der Waals surface area contributed by atoms with E-state index in [1.165, 1.54) is 25.7 Å². The van der Waals surface area contributed by atoms with Crippen LogP contribution in [-0.4, -0.2) is 34.7 Å². The maximum atomic E-state index is 12.0. The second-order valence-corrected chi connectivity index (χ2v) is 6.38. The number of amides is 1. The smallest absolute Gasteiger partial charge is 0.272 e. The minimum absolute atomic E-state index is 0.174. The fourth-order valence-corrected chi connectivity index (χ4v) is 2.32. The zero-order chi connectivity index (χ0) is 14.6. The number of anilines is 1. The lowest BCUT2D eigenvalue weighted by atomic mass is 10.1. The number of carbonyl (C=O) groups excluding carboxylic acids is 1. The van der Waals surface area contributed by atoms with Crippen molar-refractivity contribution in [2.24, 2.45) is 0 Å². The Morgan fingerprint density at radius 1 is 1.10 bits per heavy atom. The van der Waals surface area contributed by atoms with E-state index in [2.05, 4.69) is 20.4 Å². The van der Waals surface area contributed by atoms with Gasteiger partial charge in [0.1, 0.15) is 0 Å². The van der Waals surface area contributed by atoms with Crippen LogP contribution in [0, 0.1) is 0 Å². The Hall–Kier alpha value is -1.65. The topological polar surface area (TPSA) is 58.1 Å². The average Bonchev–Trinajstić information content (AvgIpc) is 2.66. The third-order valence-corrected chi connectivity index (χ3v) is 3.30. The van der Waals surface area contributed by atoms with E-state index in [0.29, 0.717) is 5.69 Å². The first-order chi connectivity index (χ1) is 9.46. The molecule has 1 fully saturated rings. The first-order valence-corrected chi connectivity index (χ1v) is 7.37. The fraction of sp³-hybridized carbons (Fsp3) is 0.667. The molecule has 0 atom stereocenters. The van der Waals surface area contributed by atoms with Gasteiger partial charge in [0, 0.05) is 18.6 Å². The molecule has 1 N–H and O–H groups in total. The van der Waals surface area contributed by atoms with Crippen LogP contribution < -0.4 is 10.2 Å². The monoisotopic (exact) mass is 276 g/mol. The Morgan fingerprint density at radius 3 is 2.25 bits per heavy atom. The normalized spacial score (nSPS) is 16.6. The van der Waals surface area contributed by atoms with Gasteiger partial charge in [0.2, 0.25) is 0 Å². The summed E-state index contributed by atoms with van der Waals surface area (Å²) in [6.07, 6.45) is 4.98. The number of nitrogens with one attached hydrogen (secondary N) is 1. The van der Waals surface area contributed by atoms with Crippen LogP contribution >= 0.6 is 0 Å². The Kier molecular flexibility index (Phi) is 4.57. The second kappa shape index (κ2) is 6.20. The number of rotatable bonds is 2. The van der Waals surface area contributed by atoms with Crippen molar-refractivity contribution >= 4 is 11.7 Å². The standard InChI is InChI=1S/C15H24N4O/c1-15(2,3)16-14(20)12-8-9-13(18-17-12)19-10-6-4-5-7-11-19/h8-9H,4-7,10-11H2,1-3H3,(H,16,20). The molecule has 1 aromatic rings. The van der Waals surface area contributed by atoms with Crippen LogP contribution in [0.4, 0.5) is 5.82 Å². The summed E-state index contributed by atoms with van der Waals surface area (Å²) in [5, 5.41) is 11.2. The molecule has 0 bridgehead atoms.